The summed E-state index contributed by atoms with van der Waals surface area (Å²) < 4.78 is 66.9. The van der Waals surface area contributed by atoms with Crippen LogP contribution in [-0.2, 0) is 14.3 Å². The maximum absolute atomic E-state index is 12.5. The monoisotopic (exact) mass is 345 g/mol. The van der Waals surface area contributed by atoms with E-state index in [2.05, 4.69) is 16.6 Å². The molecule has 0 aliphatic heterocycles. The van der Waals surface area contributed by atoms with Crippen LogP contribution in [0.3, 0.4) is 0 Å². The number of ether oxygens (including phenoxy) is 1. The largest absolute Gasteiger partial charge is 0.452 e. The number of rotatable bonds is 5. The summed E-state index contributed by atoms with van der Waals surface area (Å²) in [6, 6.07) is 1.67. The smallest absolute Gasteiger partial charge is 0.333 e. The van der Waals surface area contributed by atoms with Gasteiger partial charge in [0.1, 0.15) is 4.90 Å². The molecule has 0 aliphatic carbocycles. The molecule has 0 spiro atoms. The van der Waals surface area contributed by atoms with Crippen LogP contribution < -0.4 is 5.32 Å². The Bertz CT molecular complexity index is 624. The van der Waals surface area contributed by atoms with Gasteiger partial charge in [-0.1, -0.05) is 26.0 Å². The molecule has 124 valence electrons. The number of halogens is 5. The summed E-state index contributed by atoms with van der Waals surface area (Å²) in [6.07, 6.45) is 0. The molecule has 4 nitrogen and oxygen atoms in total. The second kappa shape index (κ2) is 4.97. The van der Waals surface area contributed by atoms with Crippen molar-refractivity contribution in [1.82, 2.24) is 0 Å². The molecule has 1 aromatic carbocycles. The van der Waals surface area contributed by atoms with E-state index in [-0.39, 0.29) is 23.4 Å². The van der Waals surface area contributed by atoms with E-state index >= 15 is 0 Å². The van der Waals surface area contributed by atoms with Crippen molar-refractivity contribution in [2.75, 3.05) is 11.9 Å². The van der Waals surface area contributed by atoms with E-state index in [1.54, 1.807) is 0 Å². The van der Waals surface area contributed by atoms with Crippen molar-refractivity contribution in [3.05, 3.63) is 36.4 Å². The molecule has 1 amide bonds. The molecular weight excluding hydrogens is 333 g/mol. The molecule has 1 N–H and O–H groups in total. The highest BCUT2D eigenvalue weighted by Crippen LogP contribution is 3.02. The molecule has 10 heteroatoms. The number of anilines is 1. The third kappa shape index (κ3) is 5.35. The number of hydrogen-bond acceptors (Lipinski definition) is 3. The average molecular weight is 345 g/mol. The molecule has 0 unspecified atom stereocenters. The normalized spacial score (nSPS) is 14.5. The lowest BCUT2D eigenvalue weighted by Crippen LogP contribution is -2.21. The van der Waals surface area contributed by atoms with Crippen LogP contribution in [0, 0.1) is 0 Å². The van der Waals surface area contributed by atoms with Gasteiger partial charge in [-0.3, -0.25) is 4.79 Å². The molecule has 0 aromatic heterocycles. The van der Waals surface area contributed by atoms with E-state index in [9.17, 15) is 29.0 Å². The zero-order valence-corrected chi connectivity index (χ0v) is 12.1. The Morgan fingerprint density at radius 3 is 2.05 bits per heavy atom. The zero-order valence-electron chi connectivity index (χ0n) is 11.2. The Labute approximate surface area is 122 Å². The molecule has 0 aliphatic rings. The van der Waals surface area contributed by atoms with Gasteiger partial charge < -0.3 is 10.1 Å². The Balaban J connectivity index is 2.72. The fraction of sp³-hybridized carbons (Fsp3) is 0.167. The minimum absolute atomic E-state index is 0.0630. The molecule has 0 fully saturated rings. The van der Waals surface area contributed by atoms with Crippen molar-refractivity contribution in [2.45, 2.75) is 11.8 Å². The van der Waals surface area contributed by atoms with E-state index in [1.165, 1.54) is 6.92 Å². The molecule has 0 radical (unpaired) electrons. The number of benzene rings is 1. The van der Waals surface area contributed by atoms with Crippen molar-refractivity contribution < 1.29 is 33.8 Å². The number of hydrogen-bond donors (Lipinski definition) is 1. The fourth-order valence-electron chi connectivity index (χ4n) is 1.25. The van der Waals surface area contributed by atoms with Crippen molar-refractivity contribution in [2.24, 2.45) is 0 Å². The van der Waals surface area contributed by atoms with Crippen molar-refractivity contribution in [3.63, 3.8) is 0 Å². The van der Waals surface area contributed by atoms with Crippen LogP contribution in [0.5, 0.6) is 0 Å². The first kappa shape index (κ1) is 18.0. The lowest BCUT2D eigenvalue weighted by atomic mass is 10.3. The Morgan fingerprint density at radius 2 is 1.64 bits per heavy atom. The molecule has 0 atom stereocenters. The number of nitrogens with one attached hydrogen (secondary N) is 1. The second-order valence-electron chi connectivity index (χ2n) is 4.40. The average Bonchev–Trinajstić information content (AvgIpc) is 2.33. The summed E-state index contributed by atoms with van der Waals surface area (Å²) in [7, 11) is -9.74. The first-order chi connectivity index (χ1) is 9.69. The maximum atomic E-state index is 12.5. The Morgan fingerprint density at radius 1 is 1.14 bits per heavy atom. The number of amides is 1. The van der Waals surface area contributed by atoms with Gasteiger partial charge in [0.05, 0.1) is 0 Å². The number of carbonyl (C=O) groups excluding carboxylic acids is 2. The van der Waals surface area contributed by atoms with Crippen LogP contribution >= 0.6 is 10.2 Å². The van der Waals surface area contributed by atoms with E-state index < -0.39 is 33.6 Å². The van der Waals surface area contributed by atoms with Gasteiger partial charge in [-0.2, -0.15) is 0 Å². The number of esters is 1. The van der Waals surface area contributed by atoms with Gasteiger partial charge in [-0.15, -0.1) is 0 Å². The van der Waals surface area contributed by atoms with Gasteiger partial charge in [0.2, 0.25) is 0 Å². The molecular formula is C12H12F5NO3S. The van der Waals surface area contributed by atoms with Gasteiger partial charge in [0, 0.05) is 11.3 Å². The third-order valence-corrected chi connectivity index (χ3v) is 3.43. The summed E-state index contributed by atoms with van der Waals surface area (Å²) in [5.74, 6) is -1.65. The molecule has 1 aromatic rings. The predicted octanol–water partition coefficient (Wildman–Crippen LogP) is 4.40. The van der Waals surface area contributed by atoms with Crippen LogP contribution in [0.4, 0.5) is 25.1 Å². The van der Waals surface area contributed by atoms with Gasteiger partial charge in [-0.05, 0) is 31.2 Å². The van der Waals surface area contributed by atoms with Crippen LogP contribution in [0.1, 0.15) is 6.92 Å². The van der Waals surface area contributed by atoms with Crippen molar-refractivity contribution in [1.29, 1.82) is 0 Å². The summed E-state index contributed by atoms with van der Waals surface area (Å²) in [5.41, 5.74) is -0.0880. The third-order valence-electron chi connectivity index (χ3n) is 2.27. The zero-order chi connectivity index (χ0) is 17.2. The Kier molecular flexibility index (Phi) is 4.06. The molecule has 0 bridgehead atoms. The topological polar surface area (TPSA) is 55.4 Å². The first-order valence-corrected chi connectivity index (χ1v) is 7.61. The molecule has 0 saturated heterocycles. The maximum Gasteiger partial charge on any atom is 0.333 e. The highest BCUT2D eigenvalue weighted by Gasteiger charge is 2.65. The first-order valence-electron chi connectivity index (χ1n) is 5.66. The van der Waals surface area contributed by atoms with Gasteiger partial charge in [0.15, 0.2) is 6.61 Å². The highest BCUT2D eigenvalue weighted by atomic mass is 32.5. The van der Waals surface area contributed by atoms with E-state index in [0.29, 0.717) is 12.1 Å². The van der Waals surface area contributed by atoms with Crippen LogP contribution in [0.25, 0.3) is 0 Å². The quantitative estimate of drug-likeness (QED) is 0.489. The minimum atomic E-state index is -9.74. The highest BCUT2D eigenvalue weighted by molar-refractivity contribution is 8.45. The van der Waals surface area contributed by atoms with E-state index in [4.69, 9.17) is 0 Å². The standard InChI is InChI=1S/C12H12F5NO3S/c1-8(2)12(20)21-7-11(19)18-9-3-5-10(6-4-9)22(13,14,15,16)17/h3-6H,1,7H2,2H3,(H,18,19). The molecule has 0 heterocycles. The van der Waals surface area contributed by atoms with Crippen LogP contribution in [-0.4, -0.2) is 18.5 Å². The lowest BCUT2D eigenvalue weighted by molar-refractivity contribution is -0.143. The second-order valence-corrected chi connectivity index (χ2v) is 6.81. The fourth-order valence-corrected chi connectivity index (χ4v) is 1.90. The number of carbonyl (C=O) groups is 2. The molecule has 0 saturated carbocycles. The summed E-state index contributed by atoms with van der Waals surface area (Å²) in [5, 5.41) is 2.09. The summed E-state index contributed by atoms with van der Waals surface area (Å²) in [4.78, 5) is 20.3. The van der Waals surface area contributed by atoms with Gasteiger partial charge >= 0.3 is 16.2 Å². The minimum Gasteiger partial charge on any atom is -0.452 e. The Hall–Kier alpha value is -2.10. The van der Waals surface area contributed by atoms with Gasteiger partial charge in [-0.25, -0.2) is 4.79 Å². The SMILES string of the molecule is C=C(C)C(=O)OCC(=O)Nc1ccc(S(F)(F)(F)(F)F)cc1. The van der Waals surface area contributed by atoms with Crippen molar-refractivity contribution >= 4 is 27.8 Å². The van der Waals surface area contributed by atoms with Crippen LogP contribution in [0.2, 0.25) is 0 Å². The predicted molar refractivity (Wildman–Crippen MR) is 72.2 cm³/mol. The molecule has 22 heavy (non-hydrogen) atoms. The summed E-state index contributed by atoms with van der Waals surface area (Å²) in [6.45, 7) is 3.96. The van der Waals surface area contributed by atoms with Gasteiger partial charge in [0.25, 0.3) is 5.91 Å². The van der Waals surface area contributed by atoms with E-state index in [1.807, 2.05) is 0 Å². The molecule has 1 rings (SSSR count). The summed E-state index contributed by atoms with van der Waals surface area (Å²) >= 11 is 0. The lowest BCUT2D eigenvalue weighted by Gasteiger charge is -2.40. The van der Waals surface area contributed by atoms with Crippen molar-refractivity contribution in [3.8, 4) is 0 Å². The van der Waals surface area contributed by atoms with E-state index in [0.717, 1.165) is 0 Å². The van der Waals surface area contributed by atoms with Crippen LogP contribution in [0.15, 0.2) is 41.3 Å².